The van der Waals surface area contributed by atoms with Crippen LogP contribution < -0.4 is 10.1 Å². The smallest absolute Gasteiger partial charge is 0.119 e. The van der Waals surface area contributed by atoms with Crippen LogP contribution in [0.25, 0.3) is 0 Å². The lowest BCUT2D eigenvalue weighted by Gasteiger charge is -2.28. The molecule has 1 N–H and O–H groups in total. The first-order valence-electron chi connectivity index (χ1n) is 7.69. The highest BCUT2D eigenvalue weighted by Gasteiger charge is 2.40. The van der Waals surface area contributed by atoms with E-state index in [9.17, 15) is 4.21 Å². The Balaban J connectivity index is 2.34. The molecule has 0 aliphatic heterocycles. The Morgan fingerprint density at radius 2 is 2.10 bits per heavy atom. The van der Waals surface area contributed by atoms with Crippen LogP contribution in [0, 0.1) is 0 Å². The molecule has 0 saturated carbocycles. The summed E-state index contributed by atoms with van der Waals surface area (Å²) in [5.74, 6) is 0.874. The largest absolute Gasteiger partial charge is 0.497 e. The second kappa shape index (κ2) is 6.49. The van der Waals surface area contributed by atoms with Crippen molar-refractivity contribution in [3.05, 3.63) is 29.3 Å². The molecule has 0 heterocycles. The molecule has 3 unspecified atom stereocenters. The van der Waals surface area contributed by atoms with Gasteiger partial charge in [0, 0.05) is 21.6 Å². The summed E-state index contributed by atoms with van der Waals surface area (Å²) in [5.41, 5.74) is 2.55. The number of nitrogens with one attached hydrogen (secondary N) is 1. The first kappa shape index (κ1) is 16.5. The minimum atomic E-state index is -0.884. The van der Waals surface area contributed by atoms with Gasteiger partial charge in [0.05, 0.1) is 12.4 Å². The molecule has 118 valence electrons. The van der Waals surface area contributed by atoms with Gasteiger partial charge in [0.2, 0.25) is 0 Å². The van der Waals surface area contributed by atoms with Gasteiger partial charge < -0.3 is 10.1 Å². The van der Waals surface area contributed by atoms with Crippen LogP contribution in [0.1, 0.15) is 51.3 Å². The van der Waals surface area contributed by atoms with Crippen molar-refractivity contribution >= 4 is 10.8 Å². The van der Waals surface area contributed by atoms with Crippen molar-refractivity contribution < 1.29 is 8.95 Å². The van der Waals surface area contributed by atoms with Gasteiger partial charge in [-0.3, -0.25) is 4.21 Å². The zero-order valence-corrected chi connectivity index (χ0v) is 14.5. The van der Waals surface area contributed by atoms with E-state index in [1.807, 2.05) is 6.07 Å². The Kier molecular flexibility index (Phi) is 5.10. The number of rotatable bonds is 5. The average Bonchev–Trinajstić information content (AvgIpc) is 2.80. The number of methoxy groups -OCH3 is 1. The first-order chi connectivity index (χ1) is 9.88. The molecule has 0 amide bonds. The molecule has 1 aliphatic rings. The summed E-state index contributed by atoms with van der Waals surface area (Å²) < 4.78 is 18.1. The summed E-state index contributed by atoms with van der Waals surface area (Å²) in [6, 6.07) is 6.38. The van der Waals surface area contributed by atoms with Crippen LogP contribution in [-0.2, 0) is 17.2 Å². The van der Waals surface area contributed by atoms with E-state index in [1.54, 1.807) is 7.11 Å². The van der Waals surface area contributed by atoms with E-state index in [4.69, 9.17) is 4.74 Å². The second-order valence-corrected chi connectivity index (χ2v) is 9.07. The first-order valence-corrected chi connectivity index (χ1v) is 8.90. The molecule has 3 nitrogen and oxygen atoms in total. The van der Waals surface area contributed by atoms with Gasteiger partial charge >= 0.3 is 0 Å². The van der Waals surface area contributed by atoms with Crippen LogP contribution in [-0.4, -0.2) is 27.9 Å². The average molecular weight is 309 g/mol. The van der Waals surface area contributed by atoms with Crippen molar-refractivity contribution in [2.75, 3.05) is 13.7 Å². The summed E-state index contributed by atoms with van der Waals surface area (Å²) in [6.07, 6.45) is 1.95. The van der Waals surface area contributed by atoms with Crippen LogP contribution in [0.15, 0.2) is 18.2 Å². The van der Waals surface area contributed by atoms with E-state index < -0.39 is 10.8 Å². The number of hydrogen-bond donors (Lipinski definition) is 1. The van der Waals surface area contributed by atoms with Gasteiger partial charge in [0.25, 0.3) is 0 Å². The fourth-order valence-corrected chi connectivity index (χ4v) is 4.63. The number of benzene rings is 1. The zero-order chi connectivity index (χ0) is 15.6. The Labute approximate surface area is 130 Å². The maximum Gasteiger partial charge on any atom is 0.119 e. The maximum atomic E-state index is 12.9. The Hall–Kier alpha value is -0.870. The zero-order valence-electron chi connectivity index (χ0n) is 13.7. The molecule has 1 aliphatic carbocycles. The van der Waals surface area contributed by atoms with Gasteiger partial charge in [-0.05, 0) is 63.4 Å². The molecular weight excluding hydrogens is 282 g/mol. The summed E-state index contributed by atoms with van der Waals surface area (Å²) in [4.78, 5) is 0. The topological polar surface area (TPSA) is 38.3 Å². The summed E-state index contributed by atoms with van der Waals surface area (Å²) in [6.45, 7) is 9.28. The van der Waals surface area contributed by atoms with E-state index in [0.29, 0.717) is 0 Å². The van der Waals surface area contributed by atoms with Crippen LogP contribution in [0.3, 0.4) is 0 Å². The van der Waals surface area contributed by atoms with Crippen LogP contribution in [0.4, 0.5) is 0 Å². The maximum absolute atomic E-state index is 12.9. The van der Waals surface area contributed by atoms with E-state index in [1.165, 1.54) is 11.1 Å². The lowest BCUT2D eigenvalue weighted by atomic mass is 10.1. The molecule has 0 radical (unpaired) electrons. The van der Waals surface area contributed by atoms with Crippen molar-refractivity contribution in [1.29, 1.82) is 0 Å². The molecule has 0 bridgehead atoms. The van der Waals surface area contributed by atoms with Gasteiger partial charge in [-0.25, -0.2) is 0 Å². The van der Waals surface area contributed by atoms with E-state index in [0.717, 1.165) is 25.1 Å². The van der Waals surface area contributed by atoms with Crippen LogP contribution in [0.2, 0.25) is 0 Å². The third kappa shape index (κ3) is 3.49. The quantitative estimate of drug-likeness (QED) is 0.907. The highest BCUT2D eigenvalue weighted by atomic mass is 32.2. The molecule has 4 heteroatoms. The van der Waals surface area contributed by atoms with E-state index in [-0.39, 0.29) is 16.0 Å². The highest BCUT2D eigenvalue weighted by Crippen LogP contribution is 2.39. The van der Waals surface area contributed by atoms with Gasteiger partial charge in [0.15, 0.2) is 0 Å². The lowest BCUT2D eigenvalue weighted by Crippen LogP contribution is -2.39. The number of hydrogen-bond acceptors (Lipinski definition) is 3. The standard InChI is InChI=1S/C17H27NO2S/c1-6-9-18-16-14-11-13(20-5)8-7-12(14)10-15(16)21(19)17(2,3)4/h7-8,11,15-16,18H,6,9-10H2,1-5H3. The second-order valence-electron chi connectivity index (χ2n) is 6.65. The molecule has 0 spiro atoms. The predicted octanol–water partition coefficient (Wildman–Crippen LogP) is 3.21. The normalized spacial score (nSPS) is 22.9. The van der Waals surface area contributed by atoms with Crippen molar-refractivity contribution in [3.8, 4) is 5.75 Å². The molecular formula is C17H27NO2S. The Morgan fingerprint density at radius 3 is 2.67 bits per heavy atom. The monoisotopic (exact) mass is 309 g/mol. The predicted molar refractivity (Wildman–Crippen MR) is 89.4 cm³/mol. The molecule has 21 heavy (non-hydrogen) atoms. The van der Waals surface area contributed by atoms with Crippen LogP contribution in [0.5, 0.6) is 5.75 Å². The van der Waals surface area contributed by atoms with E-state index in [2.05, 4.69) is 45.1 Å². The van der Waals surface area contributed by atoms with Crippen molar-refractivity contribution in [2.24, 2.45) is 0 Å². The fraction of sp³-hybridized carbons (Fsp3) is 0.647. The molecule has 0 aromatic heterocycles. The minimum absolute atomic E-state index is 0.138. The third-order valence-corrected chi connectivity index (χ3v) is 6.17. The minimum Gasteiger partial charge on any atom is -0.497 e. The molecule has 0 saturated heterocycles. The summed E-state index contributed by atoms with van der Waals surface area (Å²) in [5, 5.41) is 3.73. The van der Waals surface area contributed by atoms with Gasteiger partial charge in [-0.2, -0.15) is 0 Å². The summed E-state index contributed by atoms with van der Waals surface area (Å²) >= 11 is 0. The van der Waals surface area contributed by atoms with Gasteiger partial charge in [-0.1, -0.05) is 13.0 Å². The molecule has 1 aromatic rings. The van der Waals surface area contributed by atoms with Crippen LogP contribution >= 0.6 is 0 Å². The lowest BCUT2D eigenvalue weighted by molar-refractivity contribution is 0.413. The fourth-order valence-electron chi connectivity index (χ4n) is 2.90. The number of ether oxygens (including phenoxy) is 1. The van der Waals surface area contributed by atoms with Crippen molar-refractivity contribution in [1.82, 2.24) is 5.32 Å². The Bertz CT molecular complexity index is 522. The molecule has 3 atom stereocenters. The Morgan fingerprint density at radius 1 is 1.38 bits per heavy atom. The highest BCUT2D eigenvalue weighted by molar-refractivity contribution is 7.87. The van der Waals surface area contributed by atoms with Crippen molar-refractivity contribution in [3.63, 3.8) is 0 Å². The molecule has 0 fully saturated rings. The third-order valence-electron chi connectivity index (χ3n) is 3.97. The number of fused-ring (bicyclic) bond motifs is 1. The molecule has 2 rings (SSSR count). The van der Waals surface area contributed by atoms with E-state index >= 15 is 0 Å². The molecule has 1 aromatic carbocycles. The summed E-state index contributed by atoms with van der Waals surface area (Å²) in [7, 11) is 0.806. The van der Waals surface area contributed by atoms with Gasteiger partial charge in [0.1, 0.15) is 5.75 Å². The van der Waals surface area contributed by atoms with Gasteiger partial charge in [-0.15, -0.1) is 0 Å². The SMILES string of the molecule is CCCNC1c2cc(OC)ccc2CC1S(=O)C(C)(C)C. The van der Waals surface area contributed by atoms with Crippen molar-refractivity contribution in [2.45, 2.75) is 56.6 Å².